The van der Waals surface area contributed by atoms with Gasteiger partial charge in [0.05, 0.1) is 16.8 Å². The lowest BCUT2D eigenvalue weighted by atomic mass is 9.66. The van der Waals surface area contributed by atoms with Crippen LogP contribution < -0.4 is 10.8 Å². The second-order valence-electron chi connectivity index (χ2n) is 12.0. The number of aliphatic carboxylic acids is 1. The molecule has 1 aliphatic heterocycles. The van der Waals surface area contributed by atoms with Gasteiger partial charge < -0.3 is 15.3 Å². The van der Waals surface area contributed by atoms with E-state index < -0.39 is 5.97 Å². The van der Waals surface area contributed by atoms with Crippen LogP contribution in [0.1, 0.15) is 77.7 Å². The fraction of sp³-hybridized carbons (Fsp3) is 0.643. The summed E-state index contributed by atoms with van der Waals surface area (Å²) in [5.74, 6) is 1.52. The minimum absolute atomic E-state index is 0.0196. The summed E-state index contributed by atoms with van der Waals surface area (Å²) in [4.78, 5) is 30.5. The number of rotatable bonds is 10. The van der Waals surface area contributed by atoms with Gasteiger partial charge in [-0.3, -0.25) is 9.59 Å². The molecule has 0 spiro atoms. The average molecular weight is 503 g/mol. The van der Waals surface area contributed by atoms with Gasteiger partial charge in [0.15, 0.2) is 0 Å². The van der Waals surface area contributed by atoms with Crippen molar-refractivity contribution in [2.24, 2.45) is 29.1 Å². The minimum Gasteiger partial charge on any atom is -0.481 e. The van der Waals surface area contributed by atoms with E-state index in [4.69, 9.17) is 16.4 Å². The molecule has 1 aromatic rings. The Kier molecular flexibility index (Phi) is 7.82. The Balaban J connectivity index is 1.47. The number of hydrogen-bond acceptors (Lipinski definition) is 4. The van der Waals surface area contributed by atoms with Crippen LogP contribution in [0.25, 0.3) is 0 Å². The maximum atomic E-state index is 13.0. The van der Waals surface area contributed by atoms with E-state index in [1.54, 1.807) is 6.07 Å². The van der Waals surface area contributed by atoms with E-state index >= 15 is 0 Å². The van der Waals surface area contributed by atoms with Crippen LogP contribution in [0.2, 0.25) is 5.02 Å². The Morgan fingerprint density at radius 2 is 1.94 bits per heavy atom. The lowest BCUT2D eigenvalue weighted by Gasteiger charge is -2.39. The van der Waals surface area contributed by atoms with Crippen molar-refractivity contribution in [3.63, 3.8) is 0 Å². The van der Waals surface area contributed by atoms with Gasteiger partial charge in [-0.2, -0.15) is 0 Å². The summed E-state index contributed by atoms with van der Waals surface area (Å²) in [6, 6.07) is 5.40. The standard InChI is InChI=1S/C28H39ClN2O4/c1-16-5-9-22(21(29)11-16)30-23(32)14-19(8-10-24(33)34)26-25(18-6-7-18)27(35-31-26)20-12-17(13-20)15-28(2,3)4/h5,9,11,17-20,26,31H,6-8,10,12-15H2,1-4H3,(H,30,32)(H,33,34). The number of aryl methyl sites for hydroxylation is 1. The van der Waals surface area contributed by atoms with Crippen LogP contribution in [0.5, 0.6) is 0 Å². The molecule has 2 aliphatic carbocycles. The van der Waals surface area contributed by atoms with Crippen molar-refractivity contribution >= 4 is 29.2 Å². The Morgan fingerprint density at radius 1 is 1.23 bits per heavy atom. The molecule has 4 rings (SSSR count). The first-order chi connectivity index (χ1) is 16.5. The predicted molar refractivity (Wildman–Crippen MR) is 138 cm³/mol. The SMILES string of the molecule is Cc1ccc(NC(=O)CC(CCC(=O)O)C2NOC(C3CC(CC(C)(C)C)C3)=C2C2CC2)c(Cl)c1. The van der Waals surface area contributed by atoms with Crippen LogP contribution in [0.3, 0.4) is 0 Å². The van der Waals surface area contributed by atoms with Crippen molar-refractivity contribution < 1.29 is 19.5 Å². The van der Waals surface area contributed by atoms with Crippen LogP contribution in [-0.2, 0) is 14.4 Å². The van der Waals surface area contributed by atoms with Crippen molar-refractivity contribution in [2.75, 3.05) is 5.32 Å². The molecule has 6 nitrogen and oxygen atoms in total. The molecule has 7 heteroatoms. The van der Waals surface area contributed by atoms with Gasteiger partial charge in [-0.05, 0) is 91.9 Å². The molecule has 35 heavy (non-hydrogen) atoms. The monoisotopic (exact) mass is 502 g/mol. The third-order valence-corrected chi connectivity index (χ3v) is 7.80. The second kappa shape index (κ2) is 10.5. The van der Waals surface area contributed by atoms with Gasteiger partial charge in [-0.15, -0.1) is 5.48 Å². The summed E-state index contributed by atoms with van der Waals surface area (Å²) in [5.41, 5.74) is 6.45. The first-order valence-electron chi connectivity index (χ1n) is 12.9. The first kappa shape index (κ1) is 26.0. The van der Waals surface area contributed by atoms with E-state index in [0.717, 1.165) is 42.9 Å². The molecule has 2 saturated carbocycles. The molecule has 2 unspecified atom stereocenters. The molecular formula is C28H39ClN2O4. The smallest absolute Gasteiger partial charge is 0.303 e. The largest absolute Gasteiger partial charge is 0.481 e. The number of halogens is 1. The predicted octanol–water partition coefficient (Wildman–Crippen LogP) is 6.49. The molecule has 0 aromatic heterocycles. The lowest BCUT2D eigenvalue weighted by Crippen LogP contribution is -2.36. The number of nitrogens with one attached hydrogen (secondary N) is 2. The van der Waals surface area contributed by atoms with Crippen molar-refractivity contribution in [1.29, 1.82) is 0 Å². The summed E-state index contributed by atoms with van der Waals surface area (Å²) < 4.78 is 0. The zero-order valence-corrected chi connectivity index (χ0v) is 22.1. The molecule has 1 heterocycles. The Hall–Kier alpha value is -2.05. The van der Waals surface area contributed by atoms with Crippen LogP contribution in [0, 0.1) is 36.0 Å². The Morgan fingerprint density at radius 3 is 2.54 bits per heavy atom. The number of carbonyl (C=O) groups is 2. The molecule has 3 aliphatic rings. The zero-order chi connectivity index (χ0) is 25.3. The maximum Gasteiger partial charge on any atom is 0.303 e. The molecule has 0 saturated heterocycles. The summed E-state index contributed by atoms with van der Waals surface area (Å²) in [7, 11) is 0. The number of carbonyl (C=O) groups excluding carboxylic acids is 1. The third-order valence-electron chi connectivity index (χ3n) is 7.49. The maximum absolute atomic E-state index is 13.0. The summed E-state index contributed by atoms with van der Waals surface area (Å²) in [6.07, 6.45) is 6.41. The quantitative estimate of drug-likeness (QED) is 0.340. The third kappa shape index (κ3) is 6.79. The molecule has 1 aromatic carbocycles. The highest BCUT2D eigenvalue weighted by molar-refractivity contribution is 6.33. The van der Waals surface area contributed by atoms with Crippen LogP contribution >= 0.6 is 11.6 Å². The average Bonchev–Trinajstić information content (AvgIpc) is 3.47. The van der Waals surface area contributed by atoms with E-state index in [2.05, 4.69) is 31.6 Å². The Labute approximate surface area is 213 Å². The highest BCUT2D eigenvalue weighted by Crippen LogP contribution is 2.52. The fourth-order valence-electron chi connectivity index (χ4n) is 5.76. The first-order valence-corrected chi connectivity index (χ1v) is 13.3. The number of hydroxylamine groups is 1. The van der Waals surface area contributed by atoms with Crippen LogP contribution in [-0.4, -0.2) is 23.0 Å². The van der Waals surface area contributed by atoms with E-state index in [1.807, 2.05) is 19.1 Å². The number of anilines is 1. The number of amides is 1. The van der Waals surface area contributed by atoms with Crippen molar-refractivity contribution in [3.8, 4) is 0 Å². The van der Waals surface area contributed by atoms with E-state index in [0.29, 0.717) is 34.4 Å². The van der Waals surface area contributed by atoms with Gasteiger partial charge >= 0.3 is 5.97 Å². The van der Waals surface area contributed by atoms with Gasteiger partial charge in [0.2, 0.25) is 5.91 Å². The van der Waals surface area contributed by atoms with Gasteiger partial charge in [0.1, 0.15) is 5.76 Å². The molecule has 2 fully saturated rings. The number of allylic oxidation sites excluding steroid dienone is 1. The molecule has 0 radical (unpaired) electrons. The number of benzene rings is 1. The van der Waals surface area contributed by atoms with Gasteiger partial charge in [-0.25, -0.2) is 0 Å². The van der Waals surface area contributed by atoms with Crippen LogP contribution in [0.4, 0.5) is 5.69 Å². The summed E-state index contributed by atoms with van der Waals surface area (Å²) >= 11 is 6.31. The van der Waals surface area contributed by atoms with Gasteiger partial charge in [0.25, 0.3) is 0 Å². The van der Waals surface area contributed by atoms with Gasteiger partial charge in [-0.1, -0.05) is 38.4 Å². The van der Waals surface area contributed by atoms with E-state index in [-0.39, 0.29) is 30.7 Å². The number of carboxylic acid groups (broad SMARTS) is 1. The van der Waals surface area contributed by atoms with E-state index in [9.17, 15) is 14.7 Å². The molecule has 2 atom stereocenters. The summed E-state index contributed by atoms with van der Waals surface area (Å²) in [5, 5.41) is 12.8. The van der Waals surface area contributed by atoms with Crippen LogP contribution in [0.15, 0.2) is 29.5 Å². The van der Waals surface area contributed by atoms with Gasteiger partial charge in [0, 0.05) is 18.8 Å². The molecule has 192 valence electrons. The Bertz CT molecular complexity index is 989. The lowest BCUT2D eigenvalue weighted by molar-refractivity contribution is -0.137. The highest BCUT2D eigenvalue weighted by Gasteiger charge is 2.47. The fourth-order valence-corrected chi connectivity index (χ4v) is 6.04. The molecule has 0 bridgehead atoms. The van der Waals surface area contributed by atoms with Crippen molar-refractivity contribution in [3.05, 3.63) is 40.1 Å². The van der Waals surface area contributed by atoms with Crippen molar-refractivity contribution in [1.82, 2.24) is 5.48 Å². The molecular weight excluding hydrogens is 464 g/mol. The summed E-state index contributed by atoms with van der Waals surface area (Å²) in [6.45, 7) is 8.82. The molecule has 1 amide bonds. The minimum atomic E-state index is -0.850. The normalized spacial score (nSPS) is 25.1. The highest BCUT2D eigenvalue weighted by atomic mass is 35.5. The number of hydrogen-bond donors (Lipinski definition) is 3. The number of carboxylic acids is 1. The van der Waals surface area contributed by atoms with E-state index in [1.165, 1.54) is 12.0 Å². The topological polar surface area (TPSA) is 87.7 Å². The second-order valence-corrected chi connectivity index (χ2v) is 12.4. The molecule has 3 N–H and O–H groups in total. The zero-order valence-electron chi connectivity index (χ0n) is 21.3. The van der Waals surface area contributed by atoms with Crippen molar-refractivity contribution in [2.45, 2.75) is 85.1 Å².